The first-order valence-electron chi connectivity index (χ1n) is 8.07. The van der Waals surface area contributed by atoms with E-state index in [0.717, 1.165) is 41.8 Å². The minimum atomic E-state index is -0.378. The number of aromatic nitrogens is 2. The molecule has 0 bridgehead atoms. The highest BCUT2D eigenvalue weighted by Crippen LogP contribution is 2.31. The van der Waals surface area contributed by atoms with Crippen LogP contribution in [0.2, 0.25) is 0 Å². The molecule has 1 saturated heterocycles. The zero-order chi connectivity index (χ0) is 15.6. The minimum Gasteiger partial charge on any atom is -0.391 e. The van der Waals surface area contributed by atoms with Crippen molar-refractivity contribution in [1.29, 1.82) is 0 Å². The van der Waals surface area contributed by atoms with Gasteiger partial charge in [-0.25, -0.2) is 0 Å². The largest absolute Gasteiger partial charge is 0.391 e. The van der Waals surface area contributed by atoms with Crippen LogP contribution < -0.4 is 0 Å². The highest BCUT2D eigenvalue weighted by molar-refractivity contribution is 9.10. The number of hydrogen-bond donors (Lipinski definition) is 1. The van der Waals surface area contributed by atoms with Gasteiger partial charge in [-0.05, 0) is 61.6 Å². The van der Waals surface area contributed by atoms with E-state index in [0.29, 0.717) is 6.42 Å². The fourth-order valence-corrected chi connectivity index (χ4v) is 4.12. The number of aliphatic hydroxyl groups is 1. The van der Waals surface area contributed by atoms with Gasteiger partial charge in [0.15, 0.2) is 0 Å². The summed E-state index contributed by atoms with van der Waals surface area (Å²) in [4.78, 5) is 2.46. The molecule has 2 atom stereocenters. The molecule has 0 aliphatic carbocycles. The van der Waals surface area contributed by atoms with Gasteiger partial charge in [0, 0.05) is 19.0 Å². The van der Waals surface area contributed by atoms with E-state index in [1.54, 1.807) is 0 Å². The summed E-state index contributed by atoms with van der Waals surface area (Å²) in [5.41, 5.74) is 2.02. The lowest BCUT2D eigenvalue weighted by atomic mass is 9.87. The summed E-state index contributed by atoms with van der Waals surface area (Å²) in [6.07, 6.45) is 4.63. The lowest BCUT2D eigenvalue weighted by Crippen LogP contribution is -2.54. The summed E-state index contributed by atoms with van der Waals surface area (Å²) in [5, 5.41) is 15.4. The predicted octanol–water partition coefficient (Wildman–Crippen LogP) is 2.91. The van der Waals surface area contributed by atoms with E-state index in [1.807, 2.05) is 11.7 Å². The molecule has 0 radical (unpaired) electrons. The molecular formula is C16H28BrN3O. The first-order valence-corrected chi connectivity index (χ1v) is 8.86. The zero-order valence-electron chi connectivity index (χ0n) is 13.7. The molecule has 0 saturated carbocycles. The minimum absolute atomic E-state index is 0.146. The van der Waals surface area contributed by atoms with Crippen molar-refractivity contribution in [2.24, 2.45) is 7.05 Å². The van der Waals surface area contributed by atoms with E-state index in [2.05, 4.69) is 46.7 Å². The van der Waals surface area contributed by atoms with E-state index in [-0.39, 0.29) is 11.6 Å². The summed E-state index contributed by atoms with van der Waals surface area (Å²) in [6.45, 7) is 8.70. The van der Waals surface area contributed by atoms with Crippen LogP contribution in [0.3, 0.4) is 0 Å². The molecule has 1 fully saturated rings. The first-order chi connectivity index (χ1) is 9.93. The fraction of sp³-hybridized carbons (Fsp3) is 0.812. The number of rotatable bonds is 6. The van der Waals surface area contributed by atoms with Crippen LogP contribution in [-0.4, -0.2) is 44.5 Å². The Labute approximate surface area is 136 Å². The molecule has 1 N–H and O–H groups in total. The van der Waals surface area contributed by atoms with Crippen LogP contribution in [-0.2, 0) is 19.9 Å². The maximum absolute atomic E-state index is 10.9. The third-order valence-electron chi connectivity index (χ3n) is 5.15. The SMILES string of the molecule is CCc1nn(C)c(CC(O)C(C)(CC)N2CCCC2)c1Br. The molecule has 120 valence electrons. The Morgan fingerprint density at radius 1 is 1.33 bits per heavy atom. The lowest BCUT2D eigenvalue weighted by Gasteiger charge is -2.42. The summed E-state index contributed by atoms with van der Waals surface area (Å²) >= 11 is 3.65. The Morgan fingerprint density at radius 3 is 2.43 bits per heavy atom. The van der Waals surface area contributed by atoms with Crippen molar-refractivity contribution in [3.8, 4) is 0 Å². The summed E-state index contributed by atoms with van der Waals surface area (Å²) in [6, 6.07) is 0. The predicted molar refractivity (Wildman–Crippen MR) is 89.5 cm³/mol. The van der Waals surface area contributed by atoms with E-state index < -0.39 is 0 Å². The molecule has 1 aliphatic heterocycles. The van der Waals surface area contributed by atoms with Gasteiger partial charge in [-0.2, -0.15) is 5.10 Å². The monoisotopic (exact) mass is 357 g/mol. The molecule has 0 amide bonds. The van der Waals surface area contributed by atoms with E-state index in [4.69, 9.17) is 0 Å². The van der Waals surface area contributed by atoms with Crippen LogP contribution in [0.1, 0.15) is 51.4 Å². The Balaban J connectivity index is 2.19. The van der Waals surface area contributed by atoms with Gasteiger partial charge in [-0.1, -0.05) is 13.8 Å². The van der Waals surface area contributed by atoms with Crippen molar-refractivity contribution >= 4 is 15.9 Å². The van der Waals surface area contributed by atoms with Crippen molar-refractivity contribution in [2.75, 3.05) is 13.1 Å². The van der Waals surface area contributed by atoms with E-state index in [9.17, 15) is 5.11 Å². The number of hydrogen-bond acceptors (Lipinski definition) is 3. The second-order valence-electron chi connectivity index (χ2n) is 6.31. The Hall–Kier alpha value is -0.390. The topological polar surface area (TPSA) is 41.3 Å². The Morgan fingerprint density at radius 2 is 1.95 bits per heavy atom. The van der Waals surface area contributed by atoms with Gasteiger partial charge < -0.3 is 5.11 Å². The third-order valence-corrected chi connectivity index (χ3v) is 6.07. The fourth-order valence-electron chi connectivity index (χ4n) is 3.34. The molecule has 1 aromatic rings. The second-order valence-corrected chi connectivity index (χ2v) is 7.10. The number of aliphatic hydroxyl groups excluding tert-OH is 1. The Bertz CT molecular complexity index is 482. The number of halogens is 1. The van der Waals surface area contributed by atoms with Gasteiger partial charge in [-0.3, -0.25) is 9.58 Å². The molecule has 2 unspecified atom stereocenters. The average molecular weight is 358 g/mol. The molecule has 0 spiro atoms. The molecule has 21 heavy (non-hydrogen) atoms. The standard InChI is InChI=1S/C16H28BrN3O/c1-5-12-15(17)13(19(4)18-12)11-14(21)16(3,6-2)20-9-7-8-10-20/h14,21H,5-11H2,1-4H3. The quantitative estimate of drug-likeness (QED) is 0.850. The van der Waals surface area contributed by atoms with Crippen molar-refractivity contribution in [1.82, 2.24) is 14.7 Å². The average Bonchev–Trinajstić information content (AvgIpc) is 3.10. The van der Waals surface area contributed by atoms with Gasteiger partial charge in [0.25, 0.3) is 0 Å². The lowest BCUT2D eigenvalue weighted by molar-refractivity contribution is -0.0127. The number of nitrogens with zero attached hydrogens (tertiary/aromatic N) is 3. The maximum Gasteiger partial charge on any atom is 0.0776 e. The van der Waals surface area contributed by atoms with Crippen LogP contribution in [0.5, 0.6) is 0 Å². The van der Waals surface area contributed by atoms with E-state index >= 15 is 0 Å². The van der Waals surface area contributed by atoms with Gasteiger partial charge in [0.2, 0.25) is 0 Å². The Kier molecular flexibility index (Phi) is 5.49. The first kappa shape index (κ1) is 17.0. The molecule has 2 heterocycles. The smallest absolute Gasteiger partial charge is 0.0776 e. The maximum atomic E-state index is 10.9. The van der Waals surface area contributed by atoms with Crippen molar-refractivity contribution < 1.29 is 5.11 Å². The molecular weight excluding hydrogens is 330 g/mol. The van der Waals surface area contributed by atoms with Crippen LogP contribution in [0, 0.1) is 0 Å². The molecule has 4 nitrogen and oxygen atoms in total. The van der Waals surface area contributed by atoms with Gasteiger partial charge >= 0.3 is 0 Å². The van der Waals surface area contributed by atoms with Gasteiger partial charge in [0.05, 0.1) is 22.0 Å². The highest BCUT2D eigenvalue weighted by atomic mass is 79.9. The zero-order valence-corrected chi connectivity index (χ0v) is 15.3. The normalized spacial score (nSPS) is 20.7. The third kappa shape index (κ3) is 3.20. The molecule has 5 heteroatoms. The summed E-state index contributed by atoms with van der Waals surface area (Å²) in [5.74, 6) is 0. The van der Waals surface area contributed by atoms with Crippen molar-refractivity contribution in [3.63, 3.8) is 0 Å². The summed E-state index contributed by atoms with van der Waals surface area (Å²) < 4.78 is 2.97. The van der Waals surface area contributed by atoms with Gasteiger partial charge in [0.1, 0.15) is 0 Å². The number of likely N-dealkylation sites (tertiary alicyclic amines) is 1. The van der Waals surface area contributed by atoms with Crippen molar-refractivity contribution in [2.45, 2.75) is 64.5 Å². The van der Waals surface area contributed by atoms with Crippen molar-refractivity contribution in [3.05, 3.63) is 15.9 Å². The van der Waals surface area contributed by atoms with E-state index in [1.165, 1.54) is 12.8 Å². The second kappa shape index (κ2) is 6.80. The van der Waals surface area contributed by atoms with Crippen LogP contribution in [0.15, 0.2) is 4.47 Å². The van der Waals surface area contributed by atoms with Gasteiger partial charge in [-0.15, -0.1) is 0 Å². The highest BCUT2D eigenvalue weighted by Gasteiger charge is 2.39. The van der Waals surface area contributed by atoms with Crippen LogP contribution in [0.25, 0.3) is 0 Å². The van der Waals surface area contributed by atoms with Crippen LogP contribution in [0.4, 0.5) is 0 Å². The molecule has 1 aromatic heterocycles. The van der Waals surface area contributed by atoms with Crippen LogP contribution >= 0.6 is 15.9 Å². The molecule has 0 aromatic carbocycles. The summed E-state index contributed by atoms with van der Waals surface area (Å²) in [7, 11) is 1.96. The molecule has 1 aliphatic rings. The number of aryl methyl sites for hydroxylation is 2. The molecule has 2 rings (SSSR count).